The Bertz CT molecular complexity index is 1080. The zero-order chi connectivity index (χ0) is 22.4. The van der Waals surface area contributed by atoms with Crippen molar-refractivity contribution in [3.05, 3.63) is 65.7 Å². The summed E-state index contributed by atoms with van der Waals surface area (Å²) in [6.45, 7) is 2.63. The lowest BCUT2D eigenvalue weighted by Gasteiger charge is -2.25. The summed E-state index contributed by atoms with van der Waals surface area (Å²) in [7, 11) is 3.26. The molecular weight excluding hydrogens is 414 g/mol. The molecule has 0 spiro atoms. The summed E-state index contributed by atoms with van der Waals surface area (Å²) in [5.41, 5.74) is 1.36. The van der Waals surface area contributed by atoms with Gasteiger partial charge in [-0.1, -0.05) is 48.0 Å². The number of methoxy groups -OCH3 is 1. The molecule has 0 saturated carbocycles. The molecule has 0 heterocycles. The van der Waals surface area contributed by atoms with Crippen LogP contribution in [0.4, 0.5) is 11.4 Å². The number of rotatable bonds is 8. The van der Waals surface area contributed by atoms with Crippen LogP contribution in [-0.4, -0.2) is 50.5 Å². The van der Waals surface area contributed by atoms with E-state index in [-0.39, 0.29) is 24.9 Å². The van der Waals surface area contributed by atoms with E-state index in [9.17, 15) is 9.59 Å². The van der Waals surface area contributed by atoms with Crippen LogP contribution in [0.1, 0.15) is 6.92 Å². The molecule has 31 heavy (non-hydrogen) atoms. The molecule has 162 valence electrons. The van der Waals surface area contributed by atoms with Gasteiger partial charge < -0.3 is 15.0 Å². The minimum Gasteiger partial charge on any atom is -0.495 e. The van der Waals surface area contributed by atoms with Gasteiger partial charge in [0.15, 0.2) is 0 Å². The third kappa shape index (κ3) is 5.54. The number of amides is 2. The molecule has 0 unspecified atom stereocenters. The number of fused-ring (bicyclic) bond motifs is 1. The molecule has 0 bridgehead atoms. The van der Waals surface area contributed by atoms with Crippen LogP contribution in [0.5, 0.6) is 5.75 Å². The molecule has 0 radical (unpaired) electrons. The van der Waals surface area contributed by atoms with E-state index in [1.807, 2.05) is 49.4 Å². The van der Waals surface area contributed by atoms with Crippen molar-refractivity contribution in [3.63, 3.8) is 0 Å². The fourth-order valence-electron chi connectivity index (χ4n) is 3.51. The molecule has 0 fully saturated rings. The van der Waals surface area contributed by atoms with E-state index in [4.69, 9.17) is 16.3 Å². The Kier molecular flexibility index (Phi) is 7.50. The summed E-state index contributed by atoms with van der Waals surface area (Å²) < 4.78 is 5.25. The maximum absolute atomic E-state index is 13.0. The largest absolute Gasteiger partial charge is 0.495 e. The summed E-state index contributed by atoms with van der Waals surface area (Å²) in [6, 6.07) is 18.9. The number of hydrogen-bond donors (Lipinski definition) is 1. The van der Waals surface area contributed by atoms with Gasteiger partial charge in [0.2, 0.25) is 11.8 Å². The molecule has 3 aromatic carbocycles. The number of nitrogens with one attached hydrogen (secondary N) is 1. The summed E-state index contributed by atoms with van der Waals surface area (Å²) in [6.07, 6.45) is 0. The first-order valence-corrected chi connectivity index (χ1v) is 10.4. The van der Waals surface area contributed by atoms with Crippen LogP contribution >= 0.6 is 11.6 Å². The van der Waals surface area contributed by atoms with Gasteiger partial charge >= 0.3 is 0 Å². The Hall–Kier alpha value is -3.09. The van der Waals surface area contributed by atoms with E-state index >= 15 is 0 Å². The van der Waals surface area contributed by atoms with Crippen molar-refractivity contribution < 1.29 is 14.3 Å². The Morgan fingerprint density at radius 1 is 1.03 bits per heavy atom. The van der Waals surface area contributed by atoms with Crippen LogP contribution in [0.15, 0.2) is 60.7 Å². The predicted octanol–water partition coefficient (Wildman–Crippen LogP) is 4.43. The van der Waals surface area contributed by atoms with Gasteiger partial charge in [0.05, 0.1) is 31.6 Å². The fraction of sp³-hybridized carbons (Fsp3) is 0.250. The Labute approximate surface area is 187 Å². The highest BCUT2D eigenvalue weighted by atomic mass is 35.5. The van der Waals surface area contributed by atoms with E-state index in [1.165, 1.54) is 7.11 Å². The van der Waals surface area contributed by atoms with E-state index in [2.05, 4.69) is 5.32 Å². The highest BCUT2D eigenvalue weighted by molar-refractivity contribution is 6.31. The van der Waals surface area contributed by atoms with Crippen molar-refractivity contribution in [2.45, 2.75) is 6.92 Å². The molecule has 0 aromatic heterocycles. The molecule has 1 N–H and O–H groups in total. The molecule has 0 aliphatic rings. The van der Waals surface area contributed by atoms with Crippen LogP contribution in [-0.2, 0) is 9.59 Å². The van der Waals surface area contributed by atoms with Gasteiger partial charge in [0.25, 0.3) is 0 Å². The first-order valence-electron chi connectivity index (χ1n) is 10.0. The standard InChI is InChI=1S/C24H26ClN3O3/c1-4-28(21-11-7-9-17-8-5-6-10-19(17)21)24(30)16-27(2)15-23(29)26-20-14-18(25)12-13-22(20)31-3/h5-14H,4,15-16H2,1-3H3,(H,26,29). The van der Waals surface area contributed by atoms with Crippen LogP contribution in [0.25, 0.3) is 10.8 Å². The average Bonchev–Trinajstić information content (AvgIpc) is 2.74. The normalized spacial score (nSPS) is 10.9. The van der Waals surface area contributed by atoms with Crippen LogP contribution < -0.4 is 15.0 Å². The van der Waals surface area contributed by atoms with Gasteiger partial charge in [-0.3, -0.25) is 14.5 Å². The van der Waals surface area contributed by atoms with E-state index in [0.717, 1.165) is 16.5 Å². The second-order valence-electron chi connectivity index (χ2n) is 7.20. The first-order chi connectivity index (χ1) is 14.9. The number of ether oxygens (including phenoxy) is 1. The van der Waals surface area contributed by atoms with E-state index in [0.29, 0.717) is 23.0 Å². The Balaban J connectivity index is 1.66. The molecular formula is C24H26ClN3O3. The molecule has 0 aliphatic heterocycles. The summed E-state index contributed by atoms with van der Waals surface area (Å²) in [4.78, 5) is 29.0. The topological polar surface area (TPSA) is 61.9 Å². The zero-order valence-electron chi connectivity index (χ0n) is 17.9. The highest BCUT2D eigenvalue weighted by Gasteiger charge is 2.19. The third-order valence-corrected chi connectivity index (χ3v) is 5.16. The van der Waals surface area contributed by atoms with Gasteiger partial charge in [0, 0.05) is 17.0 Å². The van der Waals surface area contributed by atoms with Crippen molar-refractivity contribution >= 4 is 45.6 Å². The van der Waals surface area contributed by atoms with Crippen molar-refractivity contribution in [1.29, 1.82) is 0 Å². The smallest absolute Gasteiger partial charge is 0.241 e. The average molecular weight is 440 g/mol. The zero-order valence-corrected chi connectivity index (χ0v) is 18.6. The number of carbonyl (C=O) groups excluding carboxylic acids is 2. The Morgan fingerprint density at radius 3 is 2.52 bits per heavy atom. The SMILES string of the molecule is CCN(C(=O)CN(C)CC(=O)Nc1cc(Cl)ccc1OC)c1cccc2ccccc12. The van der Waals surface area contributed by atoms with Crippen LogP contribution in [0.3, 0.4) is 0 Å². The third-order valence-electron chi connectivity index (χ3n) is 4.93. The highest BCUT2D eigenvalue weighted by Crippen LogP contribution is 2.28. The minimum absolute atomic E-state index is 0.0501. The van der Waals surface area contributed by atoms with Gasteiger partial charge in [-0.25, -0.2) is 0 Å². The first kappa shape index (κ1) is 22.6. The monoisotopic (exact) mass is 439 g/mol. The molecule has 6 nitrogen and oxygen atoms in total. The van der Waals surface area contributed by atoms with Crippen molar-refractivity contribution in [2.24, 2.45) is 0 Å². The number of halogens is 1. The maximum atomic E-state index is 13.0. The fourth-order valence-corrected chi connectivity index (χ4v) is 3.68. The lowest BCUT2D eigenvalue weighted by molar-refractivity contribution is -0.121. The van der Waals surface area contributed by atoms with Crippen molar-refractivity contribution in [2.75, 3.05) is 44.0 Å². The summed E-state index contributed by atoms with van der Waals surface area (Å²) in [5.74, 6) is 0.183. The van der Waals surface area contributed by atoms with E-state index in [1.54, 1.807) is 35.0 Å². The second-order valence-corrected chi connectivity index (χ2v) is 7.64. The van der Waals surface area contributed by atoms with Gasteiger partial charge in [-0.05, 0) is 43.6 Å². The lowest BCUT2D eigenvalue weighted by atomic mass is 10.1. The molecule has 2 amide bonds. The van der Waals surface area contributed by atoms with Gasteiger partial charge in [-0.2, -0.15) is 0 Å². The molecule has 0 atom stereocenters. The number of benzene rings is 3. The quantitative estimate of drug-likeness (QED) is 0.564. The van der Waals surface area contributed by atoms with Crippen LogP contribution in [0, 0.1) is 0 Å². The Morgan fingerprint density at radius 2 is 1.77 bits per heavy atom. The maximum Gasteiger partial charge on any atom is 0.241 e. The summed E-state index contributed by atoms with van der Waals surface area (Å²) in [5, 5.41) is 5.38. The molecule has 7 heteroatoms. The molecule has 3 aromatic rings. The van der Waals surface area contributed by atoms with Crippen LogP contribution in [0.2, 0.25) is 5.02 Å². The number of nitrogens with zero attached hydrogens (tertiary/aromatic N) is 2. The van der Waals surface area contributed by atoms with Crippen molar-refractivity contribution in [3.8, 4) is 5.75 Å². The minimum atomic E-state index is -0.260. The van der Waals surface area contributed by atoms with E-state index < -0.39 is 0 Å². The predicted molar refractivity (Wildman–Crippen MR) is 126 cm³/mol. The molecule has 0 aliphatic carbocycles. The number of carbonyl (C=O) groups is 2. The number of anilines is 2. The molecule has 0 saturated heterocycles. The lowest BCUT2D eigenvalue weighted by Crippen LogP contribution is -2.41. The van der Waals surface area contributed by atoms with Gasteiger partial charge in [0.1, 0.15) is 5.75 Å². The summed E-state index contributed by atoms with van der Waals surface area (Å²) >= 11 is 6.01. The number of hydrogen-bond acceptors (Lipinski definition) is 4. The number of likely N-dealkylation sites (N-methyl/N-ethyl adjacent to an activating group) is 2. The van der Waals surface area contributed by atoms with Gasteiger partial charge in [-0.15, -0.1) is 0 Å². The van der Waals surface area contributed by atoms with Crippen molar-refractivity contribution in [1.82, 2.24) is 4.90 Å². The molecule has 3 rings (SSSR count). The second kappa shape index (κ2) is 10.3.